The van der Waals surface area contributed by atoms with Gasteiger partial charge in [0.2, 0.25) is 5.91 Å². The number of aromatic carboxylic acids is 1. The molecule has 1 heterocycles. The number of carbonyl (C=O) groups is 2. The highest BCUT2D eigenvalue weighted by molar-refractivity contribution is 7.91. The van der Waals surface area contributed by atoms with Gasteiger partial charge in [-0.1, -0.05) is 0 Å². The van der Waals surface area contributed by atoms with Crippen molar-refractivity contribution in [1.29, 1.82) is 0 Å². The monoisotopic (exact) mass is 297 g/mol. The highest BCUT2D eigenvalue weighted by atomic mass is 32.2. The molecule has 2 rings (SSSR count). The van der Waals surface area contributed by atoms with Crippen LogP contribution in [0.4, 0.5) is 5.69 Å². The van der Waals surface area contributed by atoms with E-state index in [1.165, 1.54) is 29.2 Å². The molecule has 1 aromatic rings. The van der Waals surface area contributed by atoms with Crippen LogP contribution in [0.1, 0.15) is 16.8 Å². The van der Waals surface area contributed by atoms with E-state index in [-0.39, 0.29) is 23.0 Å². The van der Waals surface area contributed by atoms with Crippen molar-refractivity contribution in [2.75, 3.05) is 23.5 Å². The van der Waals surface area contributed by atoms with Crippen LogP contribution in [0.25, 0.3) is 0 Å². The Hall–Kier alpha value is -1.89. The summed E-state index contributed by atoms with van der Waals surface area (Å²) in [6.07, 6.45) is 0.346. The Morgan fingerprint density at radius 3 is 2.30 bits per heavy atom. The fourth-order valence-corrected chi connectivity index (χ4v) is 3.95. The van der Waals surface area contributed by atoms with Crippen molar-refractivity contribution in [2.45, 2.75) is 6.42 Å². The Balaban J connectivity index is 2.13. The fraction of sp³-hybridized carbons (Fsp3) is 0.385. The number of rotatable bonds is 3. The molecular weight excluding hydrogens is 282 g/mol. The van der Waals surface area contributed by atoms with Crippen LogP contribution in [0.3, 0.4) is 0 Å². The van der Waals surface area contributed by atoms with Crippen LogP contribution < -0.4 is 4.90 Å². The van der Waals surface area contributed by atoms with Gasteiger partial charge in [-0.25, -0.2) is 13.2 Å². The van der Waals surface area contributed by atoms with Crippen molar-refractivity contribution >= 4 is 27.4 Å². The smallest absolute Gasteiger partial charge is 0.335 e. The Morgan fingerprint density at radius 1 is 1.25 bits per heavy atom. The number of hydrogen-bond acceptors (Lipinski definition) is 4. The molecule has 0 aromatic heterocycles. The predicted molar refractivity (Wildman–Crippen MR) is 73.6 cm³/mol. The van der Waals surface area contributed by atoms with Gasteiger partial charge in [0, 0.05) is 12.7 Å². The summed E-state index contributed by atoms with van der Waals surface area (Å²) in [5, 5.41) is 8.81. The maximum absolute atomic E-state index is 12.2. The lowest BCUT2D eigenvalue weighted by atomic mass is 10.1. The van der Waals surface area contributed by atoms with Crippen molar-refractivity contribution in [3.63, 3.8) is 0 Å². The first-order valence-electron chi connectivity index (χ1n) is 6.11. The van der Waals surface area contributed by atoms with Crippen molar-refractivity contribution in [2.24, 2.45) is 5.92 Å². The molecular formula is C13H15NO5S. The third kappa shape index (κ3) is 2.98. The Morgan fingerprint density at radius 2 is 1.85 bits per heavy atom. The van der Waals surface area contributed by atoms with Gasteiger partial charge in [-0.2, -0.15) is 0 Å². The molecule has 0 spiro atoms. The maximum Gasteiger partial charge on any atom is 0.335 e. The maximum atomic E-state index is 12.2. The Bertz CT molecular complexity index is 635. The largest absolute Gasteiger partial charge is 0.478 e. The first-order chi connectivity index (χ1) is 9.30. The van der Waals surface area contributed by atoms with Crippen LogP contribution in [0.15, 0.2) is 24.3 Å². The molecule has 0 aliphatic carbocycles. The van der Waals surface area contributed by atoms with Crippen LogP contribution in [0.5, 0.6) is 0 Å². The zero-order valence-corrected chi connectivity index (χ0v) is 11.8. The molecule has 7 heteroatoms. The first-order valence-corrected chi connectivity index (χ1v) is 7.93. The minimum absolute atomic E-state index is 0.0508. The minimum atomic E-state index is -3.10. The van der Waals surface area contributed by atoms with E-state index in [4.69, 9.17) is 5.11 Å². The molecule has 1 aliphatic heterocycles. The van der Waals surface area contributed by atoms with Gasteiger partial charge in [0.15, 0.2) is 9.84 Å². The quantitative estimate of drug-likeness (QED) is 0.890. The molecule has 0 radical (unpaired) electrons. The summed E-state index contributed by atoms with van der Waals surface area (Å²) >= 11 is 0. The summed E-state index contributed by atoms with van der Waals surface area (Å²) in [7, 11) is -1.54. The lowest BCUT2D eigenvalue weighted by Crippen LogP contribution is -2.33. The number of benzene rings is 1. The van der Waals surface area contributed by atoms with Crippen molar-refractivity contribution in [3.05, 3.63) is 29.8 Å². The second-order valence-corrected chi connectivity index (χ2v) is 7.08. The average molecular weight is 297 g/mol. The number of amides is 1. The second-order valence-electron chi connectivity index (χ2n) is 4.85. The minimum Gasteiger partial charge on any atom is -0.478 e. The zero-order chi connectivity index (χ0) is 14.9. The van der Waals surface area contributed by atoms with Crippen LogP contribution in [0, 0.1) is 5.92 Å². The molecule has 1 unspecified atom stereocenters. The van der Waals surface area contributed by atoms with Gasteiger partial charge in [0.05, 0.1) is 23.0 Å². The third-order valence-electron chi connectivity index (χ3n) is 3.41. The standard InChI is InChI=1S/C13H15NO5S/c1-14(11-4-2-9(3-5-11)13(16)17)12(15)10-6-7-20(18,19)8-10/h2-5,10H,6-8H2,1H3,(H,16,17). The highest BCUT2D eigenvalue weighted by Crippen LogP contribution is 2.23. The number of sulfone groups is 1. The van der Waals surface area contributed by atoms with E-state index < -0.39 is 21.7 Å². The number of carboxylic acid groups (broad SMARTS) is 1. The molecule has 108 valence electrons. The van der Waals surface area contributed by atoms with Crippen LogP contribution >= 0.6 is 0 Å². The normalized spacial score (nSPS) is 20.6. The summed E-state index contributed by atoms with van der Waals surface area (Å²) in [5.74, 6) is -1.86. The molecule has 1 N–H and O–H groups in total. The molecule has 1 atom stereocenters. The first kappa shape index (κ1) is 14.5. The summed E-state index contributed by atoms with van der Waals surface area (Å²) in [6.45, 7) is 0. The lowest BCUT2D eigenvalue weighted by Gasteiger charge is -2.20. The number of anilines is 1. The SMILES string of the molecule is CN(C(=O)C1CCS(=O)(=O)C1)c1ccc(C(=O)O)cc1. The molecule has 1 fully saturated rings. The molecule has 0 bridgehead atoms. The van der Waals surface area contributed by atoms with Crippen molar-refractivity contribution in [1.82, 2.24) is 0 Å². The number of carbonyl (C=O) groups excluding carboxylic acids is 1. The summed E-state index contributed by atoms with van der Waals surface area (Å²) in [6, 6.07) is 5.88. The summed E-state index contributed by atoms with van der Waals surface area (Å²) < 4.78 is 22.8. The molecule has 1 saturated heterocycles. The number of hydrogen-bond donors (Lipinski definition) is 1. The van der Waals surface area contributed by atoms with Gasteiger partial charge in [0.1, 0.15) is 0 Å². The lowest BCUT2D eigenvalue weighted by molar-refractivity contribution is -0.121. The second kappa shape index (κ2) is 5.24. The van der Waals surface area contributed by atoms with Crippen LogP contribution in [0.2, 0.25) is 0 Å². The van der Waals surface area contributed by atoms with E-state index in [9.17, 15) is 18.0 Å². The molecule has 20 heavy (non-hydrogen) atoms. The predicted octanol–water partition coefficient (Wildman–Crippen LogP) is 0.782. The van der Waals surface area contributed by atoms with E-state index in [2.05, 4.69) is 0 Å². The third-order valence-corrected chi connectivity index (χ3v) is 5.18. The van der Waals surface area contributed by atoms with E-state index in [1.807, 2.05) is 0 Å². The Kier molecular flexibility index (Phi) is 3.80. The fourth-order valence-electron chi connectivity index (χ4n) is 2.22. The van der Waals surface area contributed by atoms with E-state index >= 15 is 0 Å². The molecule has 1 aromatic carbocycles. The van der Waals surface area contributed by atoms with E-state index in [1.54, 1.807) is 7.05 Å². The van der Waals surface area contributed by atoms with Gasteiger partial charge >= 0.3 is 5.97 Å². The zero-order valence-electron chi connectivity index (χ0n) is 10.9. The Labute approximate surface area is 116 Å². The van der Waals surface area contributed by atoms with Crippen molar-refractivity contribution in [3.8, 4) is 0 Å². The van der Waals surface area contributed by atoms with Crippen LogP contribution in [-0.4, -0.2) is 44.0 Å². The van der Waals surface area contributed by atoms with Gasteiger partial charge < -0.3 is 10.0 Å². The summed E-state index contributed by atoms with van der Waals surface area (Å²) in [4.78, 5) is 24.3. The van der Waals surface area contributed by atoms with Crippen molar-refractivity contribution < 1.29 is 23.1 Å². The number of nitrogens with zero attached hydrogens (tertiary/aromatic N) is 1. The average Bonchev–Trinajstić information content (AvgIpc) is 2.77. The molecule has 0 saturated carbocycles. The van der Waals surface area contributed by atoms with Gasteiger partial charge in [-0.3, -0.25) is 4.79 Å². The van der Waals surface area contributed by atoms with E-state index in [0.29, 0.717) is 12.1 Å². The van der Waals surface area contributed by atoms with Gasteiger partial charge in [-0.05, 0) is 30.7 Å². The topological polar surface area (TPSA) is 91.8 Å². The molecule has 6 nitrogen and oxygen atoms in total. The highest BCUT2D eigenvalue weighted by Gasteiger charge is 2.34. The molecule has 1 amide bonds. The van der Waals surface area contributed by atoms with Crippen LogP contribution in [-0.2, 0) is 14.6 Å². The number of carboxylic acids is 1. The summed E-state index contributed by atoms with van der Waals surface area (Å²) in [5.41, 5.74) is 0.683. The van der Waals surface area contributed by atoms with E-state index in [0.717, 1.165) is 0 Å². The molecule has 1 aliphatic rings. The van der Waals surface area contributed by atoms with Gasteiger partial charge in [0.25, 0.3) is 0 Å². The van der Waals surface area contributed by atoms with Gasteiger partial charge in [-0.15, -0.1) is 0 Å².